The topological polar surface area (TPSA) is 102 Å². The zero-order valence-electron chi connectivity index (χ0n) is 8.61. The second-order valence-electron chi connectivity index (χ2n) is 2.80. The van der Waals surface area contributed by atoms with Gasteiger partial charge in [0, 0.05) is 41.7 Å². The van der Waals surface area contributed by atoms with Crippen LogP contribution in [-0.4, -0.2) is 47.9 Å². The average molecular weight is 282 g/mol. The normalized spacial score (nSPS) is 10.2. The molecule has 1 heterocycles. The van der Waals surface area contributed by atoms with Crippen LogP contribution in [0, 0.1) is 10.1 Å². The molecule has 0 aliphatic carbocycles. The van der Waals surface area contributed by atoms with Crippen molar-refractivity contribution < 1.29 is 13.3 Å². The van der Waals surface area contributed by atoms with E-state index in [1.54, 1.807) is 0 Å². The molecule has 0 amide bonds. The van der Waals surface area contributed by atoms with Crippen molar-refractivity contribution in [2.24, 2.45) is 0 Å². The third kappa shape index (κ3) is 3.36. The SMILES string of the molecule is O=[N+]([O-])c1ccc2nc(N[SH](=O)=O)sc2c1.[Na]. The molecule has 0 fully saturated rings. The molecule has 2 aromatic rings. The van der Waals surface area contributed by atoms with Crippen molar-refractivity contribution in [2.45, 2.75) is 0 Å². The van der Waals surface area contributed by atoms with Gasteiger partial charge in [-0.15, -0.1) is 0 Å². The second-order valence-corrected chi connectivity index (χ2v) is 4.57. The van der Waals surface area contributed by atoms with Crippen LogP contribution in [0.25, 0.3) is 10.2 Å². The third-order valence-corrected chi connectivity index (χ3v) is 3.25. The number of nitro groups is 1. The van der Waals surface area contributed by atoms with E-state index in [0.29, 0.717) is 10.2 Å². The monoisotopic (exact) mass is 282 g/mol. The Hall–Kier alpha value is -0.740. The zero-order chi connectivity index (χ0) is 11.7. The summed E-state index contributed by atoms with van der Waals surface area (Å²) in [4.78, 5) is 13.9. The summed E-state index contributed by atoms with van der Waals surface area (Å²) in [6.07, 6.45) is 0. The molecule has 0 unspecified atom stereocenters. The van der Waals surface area contributed by atoms with E-state index in [4.69, 9.17) is 0 Å². The van der Waals surface area contributed by atoms with Crippen molar-refractivity contribution in [3.05, 3.63) is 28.3 Å². The Labute approximate surface area is 123 Å². The number of thiol groups is 1. The summed E-state index contributed by atoms with van der Waals surface area (Å²) in [7, 11) is -2.77. The van der Waals surface area contributed by atoms with Gasteiger partial charge in [-0.2, -0.15) is 0 Å². The number of hydrogen-bond acceptors (Lipinski definition) is 6. The van der Waals surface area contributed by atoms with Gasteiger partial charge in [0.15, 0.2) is 5.13 Å². The van der Waals surface area contributed by atoms with Crippen LogP contribution in [-0.2, 0) is 10.9 Å². The first-order valence-corrected chi connectivity index (χ1v) is 6.02. The summed E-state index contributed by atoms with van der Waals surface area (Å²) in [5, 5.41) is 10.7. The molecule has 7 nitrogen and oxygen atoms in total. The maximum Gasteiger partial charge on any atom is 0.270 e. The minimum atomic E-state index is -2.77. The molecule has 1 aromatic carbocycles. The van der Waals surface area contributed by atoms with Crippen LogP contribution in [0.5, 0.6) is 0 Å². The summed E-state index contributed by atoms with van der Waals surface area (Å²) >= 11 is 1.05. The Morgan fingerprint density at radius 1 is 1.41 bits per heavy atom. The smallest absolute Gasteiger partial charge is 0.261 e. The van der Waals surface area contributed by atoms with Gasteiger partial charge in [0.2, 0.25) is 10.9 Å². The van der Waals surface area contributed by atoms with E-state index >= 15 is 0 Å². The molecule has 1 N–H and O–H groups in total. The van der Waals surface area contributed by atoms with Crippen LogP contribution >= 0.6 is 11.3 Å². The van der Waals surface area contributed by atoms with Gasteiger partial charge >= 0.3 is 0 Å². The summed E-state index contributed by atoms with van der Waals surface area (Å²) in [5.74, 6) is 0. The molecule has 0 bridgehead atoms. The van der Waals surface area contributed by atoms with Gasteiger partial charge in [0.1, 0.15) is 0 Å². The van der Waals surface area contributed by atoms with Crippen LogP contribution in [0.3, 0.4) is 0 Å². The molecular weight excluding hydrogens is 277 g/mol. The third-order valence-electron chi connectivity index (χ3n) is 1.77. The number of fused-ring (bicyclic) bond motifs is 1. The van der Waals surface area contributed by atoms with Gasteiger partial charge in [-0.25, -0.2) is 13.4 Å². The summed E-state index contributed by atoms with van der Waals surface area (Å²) in [6, 6.07) is 4.16. The van der Waals surface area contributed by atoms with Crippen molar-refractivity contribution in [2.75, 3.05) is 4.72 Å². The summed E-state index contributed by atoms with van der Waals surface area (Å²) in [6.45, 7) is 0. The molecule has 0 aliphatic heterocycles. The maximum absolute atomic E-state index is 10.5. The number of nitrogens with zero attached hydrogens (tertiary/aromatic N) is 2. The molecule has 0 saturated heterocycles. The van der Waals surface area contributed by atoms with Crippen LogP contribution in [0.4, 0.5) is 10.8 Å². The molecule has 0 aliphatic rings. The first-order valence-electron chi connectivity index (χ1n) is 4.02. The molecule has 10 heteroatoms. The molecule has 2 rings (SSSR count). The van der Waals surface area contributed by atoms with E-state index in [2.05, 4.69) is 9.71 Å². The standard InChI is InChI=1S/C7H5N3O4S2.Na/c11-10(12)4-1-2-5-6(3-4)15-7(8-5)9-16(13)14;/h1-3,16H,(H,8,9,13,14);. The van der Waals surface area contributed by atoms with E-state index in [0.717, 1.165) is 11.3 Å². The Morgan fingerprint density at radius 2 is 2.12 bits per heavy atom. The molecule has 1 radical (unpaired) electrons. The fourth-order valence-electron chi connectivity index (χ4n) is 1.15. The number of rotatable bonds is 3. The van der Waals surface area contributed by atoms with Gasteiger partial charge in [-0.1, -0.05) is 11.3 Å². The molecular formula is C7H5N3NaO4S2. The van der Waals surface area contributed by atoms with Gasteiger partial charge in [0.25, 0.3) is 5.69 Å². The van der Waals surface area contributed by atoms with Crippen molar-refractivity contribution in [3.63, 3.8) is 0 Å². The minimum Gasteiger partial charge on any atom is -0.261 e. The number of non-ortho nitro benzene ring substituents is 1. The largest absolute Gasteiger partial charge is 0.270 e. The number of aromatic nitrogens is 1. The first kappa shape index (κ1) is 14.3. The molecule has 0 atom stereocenters. The van der Waals surface area contributed by atoms with Crippen LogP contribution in [0.15, 0.2) is 18.2 Å². The van der Waals surface area contributed by atoms with Gasteiger partial charge in [0.05, 0.1) is 15.1 Å². The average Bonchev–Trinajstić information content (AvgIpc) is 2.56. The van der Waals surface area contributed by atoms with Crippen LogP contribution in [0.1, 0.15) is 0 Å². The van der Waals surface area contributed by atoms with Crippen LogP contribution < -0.4 is 4.72 Å². The molecule has 0 saturated carbocycles. The number of thiazole rings is 1. The molecule has 0 spiro atoms. The second kappa shape index (κ2) is 5.74. The fraction of sp³-hybridized carbons (Fsp3) is 0. The van der Waals surface area contributed by atoms with Gasteiger partial charge < -0.3 is 0 Å². The Morgan fingerprint density at radius 3 is 2.71 bits per heavy atom. The zero-order valence-corrected chi connectivity index (χ0v) is 12.3. The number of nitro benzene ring substituents is 1. The number of benzene rings is 1. The predicted molar refractivity (Wildman–Crippen MR) is 66.0 cm³/mol. The van der Waals surface area contributed by atoms with Crippen molar-refractivity contribution >= 4 is 72.8 Å². The molecule has 85 valence electrons. The van der Waals surface area contributed by atoms with Gasteiger partial charge in [-0.05, 0) is 6.07 Å². The van der Waals surface area contributed by atoms with E-state index in [1.165, 1.54) is 18.2 Å². The Kier molecular flexibility index (Phi) is 4.83. The fourth-order valence-corrected chi connectivity index (χ4v) is 2.52. The number of hydrogen-bond donors (Lipinski definition) is 2. The number of anilines is 1. The number of nitrogens with one attached hydrogen (secondary N) is 1. The van der Waals surface area contributed by atoms with E-state index in [9.17, 15) is 18.5 Å². The summed E-state index contributed by atoms with van der Waals surface area (Å²) in [5.41, 5.74) is 0.476. The summed E-state index contributed by atoms with van der Waals surface area (Å²) < 4.78 is 23.5. The van der Waals surface area contributed by atoms with Gasteiger partial charge in [-0.3, -0.25) is 14.8 Å². The minimum absolute atomic E-state index is 0. The van der Waals surface area contributed by atoms with E-state index in [1.807, 2.05) is 0 Å². The molecule has 1 aromatic heterocycles. The van der Waals surface area contributed by atoms with Crippen molar-refractivity contribution in [1.29, 1.82) is 0 Å². The Bertz CT molecular complexity index is 631. The quantitative estimate of drug-likeness (QED) is 0.374. The Balaban J connectivity index is 0.00000144. The van der Waals surface area contributed by atoms with Crippen molar-refractivity contribution in [1.82, 2.24) is 4.98 Å². The predicted octanol–water partition coefficient (Wildman–Crippen LogP) is 0.762. The van der Waals surface area contributed by atoms with E-state index < -0.39 is 15.8 Å². The molecule has 17 heavy (non-hydrogen) atoms. The van der Waals surface area contributed by atoms with Crippen molar-refractivity contribution in [3.8, 4) is 0 Å². The van der Waals surface area contributed by atoms with E-state index in [-0.39, 0.29) is 40.4 Å². The van der Waals surface area contributed by atoms with Crippen LogP contribution in [0.2, 0.25) is 0 Å². The first-order chi connectivity index (χ1) is 7.56. The maximum atomic E-state index is 10.5.